The highest BCUT2D eigenvalue weighted by Gasteiger charge is 2.34. The molecule has 21 heavy (non-hydrogen) atoms. The van der Waals surface area contributed by atoms with Gasteiger partial charge in [0.25, 0.3) is 0 Å². The number of esters is 1. The number of aliphatic hydroxyl groups excluding tert-OH is 1. The Morgan fingerprint density at radius 1 is 1.14 bits per heavy atom. The highest BCUT2D eigenvalue weighted by atomic mass is 16.5. The van der Waals surface area contributed by atoms with E-state index < -0.39 is 5.97 Å². The van der Waals surface area contributed by atoms with Crippen LogP contribution in [-0.4, -0.2) is 23.5 Å². The first kappa shape index (κ1) is 14.6. The van der Waals surface area contributed by atoms with E-state index >= 15 is 0 Å². The molecule has 1 heterocycles. The Kier molecular flexibility index (Phi) is 4.32. The molecule has 0 aromatic rings. The van der Waals surface area contributed by atoms with Gasteiger partial charge >= 0.3 is 5.97 Å². The minimum atomic E-state index is -0.659. The lowest BCUT2D eigenvalue weighted by Gasteiger charge is -2.39. The molecule has 0 saturated heterocycles. The van der Waals surface area contributed by atoms with Crippen molar-refractivity contribution in [2.24, 2.45) is 17.8 Å². The quantitative estimate of drug-likeness (QED) is 0.638. The lowest BCUT2D eigenvalue weighted by Crippen LogP contribution is -2.28. The summed E-state index contributed by atoms with van der Waals surface area (Å²) in [5.41, 5.74) is -0.110. The molecular weight excluding hydrogens is 268 g/mol. The molecule has 0 amide bonds. The van der Waals surface area contributed by atoms with Crippen LogP contribution >= 0.6 is 0 Å². The van der Waals surface area contributed by atoms with E-state index in [1.807, 2.05) is 0 Å². The SMILES string of the molecule is O=C(CCC1CCC2CCCCC2C1)C1=C(O)COC1=O. The van der Waals surface area contributed by atoms with Crippen LogP contribution < -0.4 is 0 Å². The van der Waals surface area contributed by atoms with E-state index in [2.05, 4.69) is 4.74 Å². The Morgan fingerprint density at radius 3 is 2.62 bits per heavy atom. The highest BCUT2D eigenvalue weighted by Crippen LogP contribution is 2.43. The van der Waals surface area contributed by atoms with Crippen LogP contribution in [0.1, 0.15) is 57.8 Å². The standard InChI is InChI=1S/C17H24O4/c18-14(16-15(19)10-21-17(16)20)8-6-11-5-7-12-3-1-2-4-13(12)9-11/h11-13,19H,1-10H2. The van der Waals surface area contributed by atoms with Gasteiger partial charge in [0.05, 0.1) is 0 Å². The number of carbonyl (C=O) groups is 2. The van der Waals surface area contributed by atoms with Crippen molar-refractivity contribution in [1.29, 1.82) is 0 Å². The Bertz CT molecular complexity index is 465. The summed E-state index contributed by atoms with van der Waals surface area (Å²) in [6.07, 6.45) is 10.5. The molecule has 0 spiro atoms. The van der Waals surface area contributed by atoms with Crippen LogP contribution in [0.4, 0.5) is 0 Å². The van der Waals surface area contributed by atoms with Crippen molar-refractivity contribution < 1.29 is 19.4 Å². The molecule has 0 aromatic carbocycles. The molecule has 4 heteroatoms. The summed E-state index contributed by atoms with van der Waals surface area (Å²) >= 11 is 0. The Labute approximate surface area is 125 Å². The van der Waals surface area contributed by atoms with Crippen LogP contribution in [0.25, 0.3) is 0 Å². The number of ether oxygens (including phenoxy) is 1. The maximum absolute atomic E-state index is 12.1. The lowest BCUT2D eigenvalue weighted by molar-refractivity contribution is -0.137. The van der Waals surface area contributed by atoms with Crippen LogP contribution in [0.2, 0.25) is 0 Å². The summed E-state index contributed by atoms with van der Waals surface area (Å²) in [5.74, 6) is 1.28. The first-order chi connectivity index (χ1) is 10.1. The maximum Gasteiger partial charge on any atom is 0.345 e. The van der Waals surface area contributed by atoms with Gasteiger partial charge in [-0.3, -0.25) is 4.79 Å². The molecule has 2 saturated carbocycles. The van der Waals surface area contributed by atoms with E-state index in [0.29, 0.717) is 12.3 Å². The lowest BCUT2D eigenvalue weighted by atomic mass is 9.66. The molecule has 3 unspecified atom stereocenters. The van der Waals surface area contributed by atoms with Crippen LogP contribution in [0.15, 0.2) is 11.3 Å². The molecule has 0 radical (unpaired) electrons. The number of cyclic esters (lactones) is 1. The molecule has 3 rings (SSSR count). The Balaban J connectivity index is 1.50. The summed E-state index contributed by atoms with van der Waals surface area (Å²) in [6, 6.07) is 0. The third kappa shape index (κ3) is 3.14. The molecule has 3 atom stereocenters. The van der Waals surface area contributed by atoms with Gasteiger partial charge in [-0.25, -0.2) is 4.79 Å². The number of aliphatic hydroxyl groups is 1. The van der Waals surface area contributed by atoms with Crippen LogP contribution in [0.5, 0.6) is 0 Å². The minimum Gasteiger partial charge on any atom is -0.508 e. The van der Waals surface area contributed by atoms with Gasteiger partial charge in [-0.05, 0) is 37.0 Å². The zero-order valence-corrected chi connectivity index (χ0v) is 12.5. The van der Waals surface area contributed by atoms with Gasteiger partial charge in [0.1, 0.15) is 17.9 Å². The number of hydrogen-bond donors (Lipinski definition) is 1. The number of hydrogen-bond acceptors (Lipinski definition) is 4. The average molecular weight is 292 g/mol. The highest BCUT2D eigenvalue weighted by molar-refractivity contribution is 6.18. The number of Topliss-reactive ketones (excluding diaryl/α,β-unsaturated/α-hetero) is 1. The zero-order valence-electron chi connectivity index (χ0n) is 12.5. The topological polar surface area (TPSA) is 63.6 Å². The van der Waals surface area contributed by atoms with E-state index in [4.69, 9.17) is 0 Å². The molecule has 116 valence electrons. The van der Waals surface area contributed by atoms with Gasteiger partial charge in [-0.2, -0.15) is 0 Å². The van der Waals surface area contributed by atoms with Gasteiger partial charge in [-0.1, -0.05) is 32.1 Å². The molecule has 1 aliphatic heterocycles. The summed E-state index contributed by atoms with van der Waals surface area (Å²) in [4.78, 5) is 23.5. The van der Waals surface area contributed by atoms with E-state index in [0.717, 1.165) is 18.3 Å². The number of fused-ring (bicyclic) bond motifs is 1. The number of carbonyl (C=O) groups excluding carboxylic acids is 2. The molecule has 2 fully saturated rings. The second-order valence-corrected chi connectivity index (χ2v) is 6.84. The molecule has 0 bridgehead atoms. The van der Waals surface area contributed by atoms with Crippen LogP contribution in [0, 0.1) is 17.8 Å². The average Bonchev–Trinajstić information content (AvgIpc) is 2.84. The smallest absolute Gasteiger partial charge is 0.345 e. The molecule has 3 aliphatic rings. The van der Waals surface area contributed by atoms with E-state index in [1.54, 1.807) is 0 Å². The van der Waals surface area contributed by atoms with Crippen LogP contribution in [0.3, 0.4) is 0 Å². The summed E-state index contributed by atoms with van der Waals surface area (Å²) < 4.78 is 4.68. The van der Waals surface area contributed by atoms with Crippen molar-refractivity contribution in [2.75, 3.05) is 6.61 Å². The first-order valence-corrected chi connectivity index (χ1v) is 8.27. The monoisotopic (exact) mass is 292 g/mol. The third-order valence-electron chi connectivity index (χ3n) is 5.54. The van der Waals surface area contributed by atoms with E-state index in [1.165, 1.54) is 44.9 Å². The van der Waals surface area contributed by atoms with Crippen molar-refractivity contribution in [3.63, 3.8) is 0 Å². The number of rotatable bonds is 4. The predicted molar refractivity (Wildman–Crippen MR) is 77.6 cm³/mol. The fourth-order valence-electron chi connectivity index (χ4n) is 4.36. The van der Waals surface area contributed by atoms with Crippen molar-refractivity contribution >= 4 is 11.8 Å². The molecule has 2 aliphatic carbocycles. The molecular formula is C17H24O4. The maximum atomic E-state index is 12.1. The van der Waals surface area contributed by atoms with Gasteiger partial charge in [0.2, 0.25) is 0 Å². The van der Waals surface area contributed by atoms with Crippen LogP contribution in [-0.2, 0) is 14.3 Å². The van der Waals surface area contributed by atoms with Gasteiger partial charge in [-0.15, -0.1) is 0 Å². The summed E-state index contributed by atoms with van der Waals surface area (Å²) in [5, 5.41) is 9.53. The van der Waals surface area contributed by atoms with Crippen molar-refractivity contribution in [1.82, 2.24) is 0 Å². The minimum absolute atomic E-state index is 0.110. The summed E-state index contributed by atoms with van der Waals surface area (Å²) in [6.45, 7) is -0.146. The fourth-order valence-corrected chi connectivity index (χ4v) is 4.36. The zero-order chi connectivity index (χ0) is 14.8. The summed E-state index contributed by atoms with van der Waals surface area (Å²) in [7, 11) is 0. The van der Waals surface area contributed by atoms with Gasteiger partial charge in [0.15, 0.2) is 5.78 Å². The van der Waals surface area contributed by atoms with E-state index in [9.17, 15) is 14.7 Å². The van der Waals surface area contributed by atoms with Gasteiger partial charge in [0, 0.05) is 6.42 Å². The third-order valence-corrected chi connectivity index (χ3v) is 5.54. The Hall–Kier alpha value is -1.32. The van der Waals surface area contributed by atoms with Crippen molar-refractivity contribution in [2.45, 2.75) is 57.8 Å². The normalized spacial score (nSPS) is 32.8. The number of ketones is 1. The second-order valence-electron chi connectivity index (χ2n) is 6.84. The van der Waals surface area contributed by atoms with E-state index in [-0.39, 0.29) is 23.7 Å². The largest absolute Gasteiger partial charge is 0.508 e. The predicted octanol–water partition coefficient (Wildman–Crippen LogP) is 3.31. The fraction of sp³-hybridized carbons (Fsp3) is 0.765. The molecule has 4 nitrogen and oxygen atoms in total. The second kappa shape index (κ2) is 6.20. The first-order valence-electron chi connectivity index (χ1n) is 8.27. The molecule has 0 aromatic heterocycles. The van der Waals surface area contributed by atoms with Crippen molar-refractivity contribution in [3.8, 4) is 0 Å². The van der Waals surface area contributed by atoms with Gasteiger partial charge < -0.3 is 9.84 Å². The Morgan fingerprint density at radius 2 is 1.90 bits per heavy atom. The molecule has 1 N–H and O–H groups in total. The van der Waals surface area contributed by atoms with Crippen molar-refractivity contribution in [3.05, 3.63) is 11.3 Å².